The molecule has 0 spiro atoms. The van der Waals surface area contributed by atoms with Gasteiger partial charge in [0.1, 0.15) is 0 Å². The third kappa shape index (κ3) is 0.703. The molecule has 64 valence electrons. The molecule has 11 heavy (non-hydrogen) atoms. The van der Waals surface area contributed by atoms with Crippen LogP contribution in [0.1, 0.15) is 27.7 Å². The van der Waals surface area contributed by atoms with E-state index in [1.807, 2.05) is 0 Å². The summed E-state index contributed by atoms with van der Waals surface area (Å²) in [6.45, 7) is 9.10. The van der Waals surface area contributed by atoms with Crippen molar-refractivity contribution in [1.29, 1.82) is 0 Å². The molecule has 0 unspecified atom stereocenters. The van der Waals surface area contributed by atoms with E-state index < -0.39 is 0 Å². The summed E-state index contributed by atoms with van der Waals surface area (Å²) < 4.78 is 0. The van der Waals surface area contributed by atoms with Gasteiger partial charge in [0.05, 0.1) is 0 Å². The maximum absolute atomic E-state index is 6.09. The van der Waals surface area contributed by atoms with Gasteiger partial charge in [-0.2, -0.15) is 0 Å². The molecule has 3 aliphatic rings. The van der Waals surface area contributed by atoms with E-state index >= 15 is 0 Å². The topological polar surface area (TPSA) is 26.0 Å². The molecular formula is C10H19N. The lowest BCUT2D eigenvalue weighted by Crippen LogP contribution is -2.72. The zero-order valence-electron chi connectivity index (χ0n) is 7.96. The van der Waals surface area contributed by atoms with Crippen LogP contribution in [0.2, 0.25) is 0 Å². The van der Waals surface area contributed by atoms with Crippen molar-refractivity contribution in [2.75, 3.05) is 0 Å². The zero-order valence-corrected chi connectivity index (χ0v) is 7.96. The average molecular weight is 153 g/mol. The largest absolute Gasteiger partial charge is 0.325 e. The molecule has 1 nitrogen and oxygen atoms in total. The standard InChI is InChI=1S/C10H19N/c1-5-7-6(2)8(5)9(7)10(3,4)11/h5-9H,11H2,1-4H3/t5-,6-,7?,8?,9+. The van der Waals surface area contributed by atoms with Crippen molar-refractivity contribution in [2.45, 2.75) is 33.2 Å². The molecule has 3 saturated carbocycles. The second-order valence-corrected chi connectivity index (χ2v) is 5.22. The minimum atomic E-state index is 0.0777. The summed E-state index contributed by atoms with van der Waals surface area (Å²) >= 11 is 0. The van der Waals surface area contributed by atoms with E-state index in [0.717, 1.165) is 29.6 Å². The van der Waals surface area contributed by atoms with Crippen LogP contribution >= 0.6 is 0 Å². The number of rotatable bonds is 1. The van der Waals surface area contributed by atoms with Crippen LogP contribution in [0, 0.1) is 29.6 Å². The first-order valence-electron chi connectivity index (χ1n) is 4.73. The molecule has 0 aromatic heterocycles. The summed E-state index contributed by atoms with van der Waals surface area (Å²) in [6.07, 6.45) is 0. The van der Waals surface area contributed by atoms with Gasteiger partial charge in [-0.1, -0.05) is 13.8 Å². The van der Waals surface area contributed by atoms with Gasteiger partial charge in [-0.25, -0.2) is 0 Å². The van der Waals surface area contributed by atoms with Crippen LogP contribution in [0.4, 0.5) is 0 Å². The van der Waals surface area contributed by atoms with Crippen LogP contribution in [-0.4, -0.2) is 5.54 Å². The Morgan fingerprint density at radius 2 is 1.36 bits per heavy atom. The summed E-state index contributed by atoms with van der Waals surface area (Å²) in [5.74, 6) is 4.66. The Morgan fingerprint density at radius 1 is 1.00 bits per heavy atom. The molecule has 0 aliphatic heterocycles. The maximum Gasteiger partial charge on any atom is 0.0131 e. The average Bonchev–Trinajstić information content (AvgIpc) is 1.77. The minimum absolute atomic E-state index is 0.0777. The molecule has 0 aromatic carbocycles. The molecule has 1 heteroatoms. The van der Waals surface area contributed by atoms with Gasteiger partial charge in [0, 0.05) is 5.54 Å². The van der Waals surface area contributed by atoms with Gasteiger partial charge in [0.15, 0.2) is 0 Å². The summed E-state index contributed by atoms with van der Waals surface area (Å²) in [6, 6.07) is 0. The summed E-state index contributed by atoms with van der Waals surface area (Å²) in [4.78, 5) is 0. The molecule has 2 bridgehead atoms. The molecule has 3 aliphatic carbocycles. The molecule has 3 fully saturated rings. The molecular weight excluding hydrogens is 134 g/mol. The van der Waals surface area contributed by atoms with E-state index in [2.05, 4.69) is 27.7 Å². The number of nitrogens with two attached hydrogens (primary N) is 1. The molecule has 0 amide bonds. The highest BCUT2D eigenvalue weighted by Gasteiger charge is 2.67. The second kappa shape index (κ2) is 1.82. The SMILES string of the molecule is CC(C)(N)[C@H]1C2[C@@H](C)C1[C@@H]2C. The summed E-state index contributed by atoms with van der Waals surface area (Å²) in [5.41, 5.74) is 6.16. The molecule has 0 heterocycles. The quantitative estimate of drug-likeness (QED) is 0.611. The minimum Gasteiger partial charge on any atom is -0.325 e. The van der Waals surface area contributed by atoms with Crippen LogP contribution in [0.3, 0.4) is 0 Å². The van der Waals surface area contributed by atoms with Crippen molar-refractivity contribution in [3.05, 3.63) is 0 Å². The molecule has 3 rings (SSSR count). The van der Waals surface area contributed by atoms with Crippen molar-refractivity contribution >= 4 is 0 Å². The third-order valence-electron chi connectivity index (χ3n) is 4.12. The van der Waals surface area contributed by atoms with Crippen LogP contribution in [0.15, 0.2) is 0 Å². The fraction of sp³-hybridized carbons (Fsp3) is 1.00. The molecule has 2 N–H and O–H groups in total. The van der Waals surface area contributed by atoms with Gasteiger partial charge in [-0.05, 0) is 43.4 Å². The van der Waals surface area contributed by atoms with Crippen molar-refractivity contribution in [1.82, 2.24) is 0 Å². The van der Waals surface area contributed by atoms with Gasteiger partial charge in [0.2, 0.25) is 0 Å². The van der Waals surface area contributed by atoms with E-state index in [4.69, 9.17) is 5.73 Å². The predicted octanol–water partition coefficient (Wildman–Crippen LogP) is 1.87. The Kier molecular flexibility index (Phi) is 1.26. The Hall–Kier alpha value is -0.0400. The normalized spacial score (nSPS) is 54.8. The molecule has 0 radical (unpaired) electrons. The first kappa shape index (κ1) is 7.60. The Balaban J connectivity index is 2.06. The van der Waals surface area contributed by atoms with Crippen molar-refractivity contribution in [3.8, 4) is 0 Å². The lowest BCUT2D eigenvalue weighted by molar-refractivity contribution is -0.238. The third-order valence-corrected chi connectivity index (χ3v) is 4.12. The van der Waals surface area contributed by atoms with E-state index in [9.17, 15) is 0 Å². The van der Waals surface area contributed by atoms with Crippen LogP contribution in [-0.2, 0) is 0 Å². The molecule has 0 aromatic rings. The number of hydrogen-bond acceptors (Lipinski definition) is 1. The van der Waals surface area contributed by atoms with Gasteiger partial charge < -0.3 is 5.73 Å². The Morgan fingerprint density at radius 3 is 1.45 bits per heavy atom. The maximum atomic E-state index is 6.09. The first-order valence-corrected chi connectivity index (χ1v) is 4.73. The van der Waals surface area contributed by atoms with Gasteiger partial charge >= 0.3 is 0 Å². The first-order chi connectivity index (χ1) is 4.94. The van der Waals surface area contributed by atoms with Crippen LogP contribution in [0.5, 0.6) is 0 Å². The molecule has 0 saturated heterocycles. The monoisotopic (exact) mass is 153 g/mol. The highest BCUT2D eigenvalue weighted by molar-refractivity contribution is 5.16. The van der Waals surface area contributed by atoms with Crippen molar-refractivity contribution in [3.63, 3.8) is 0 Å². The smallest absolute Gasteiger partial charge is 0.0131 e. The van der Waals surface area contributed by atoms with Crippen molar-refractivity contribution in [2.24, 2.45) is 35.3 Å². The lowest BCUT2D eigenvalue weighted by Gasteiger charge is -2.72. The van der Waals surface area contributed by atoms with E-state index in [1.54, 1.807) is 0 Å². The predicted molar refractivity (Wildman–Crippen MR) is 47.1 cm³/mol. The van der Waals surface area contributed by atoms with Crippen LogP contribution < -0.4 is 5.73 Å². The highest BCUT2D eigenvalue weighted by atomic mass is 14.8. The molecule has 0 atom stereocenters. The van der Waals surface area contributed by atoms with Gasteiger partial charge in [-0.15, -0.1) is 0 Å². The Bertz CT molecular complexity index is 158. The van der Waals surface area contributed by atoms with Gasteiger partial charge in [-0.3, -0.25) is 0 Å². The second-order valence-electron chi connectivity index (χ2n) is 5.22. The van der Waals surface area contributed by atoms with Crippen molar-refractivity contribution < 1.29 is 0 Å². The van der Waals surface area contributed by atoms with E-state index in [1.165, 1.54) is 0 Å². The fourth-order valence-electron chi connectivity index (χ4n) is 3.59. The highest BCUT2D eigenvalue weighted by Crippen LogP contribution is 2.69. The van der Waals surface area contributed by atoms with Crippen LogP contribution in [0.25, 0.3) is 0 Å². The summed E-state index contributed by atoms with van der Waals surface area (Å²) in [7, 11) is 0. The van der Waals surface area contributed by atoms with E-state index in [-0.39, 0.29) is 5.54 Å². The van der Waals surface area contributed by atoms with Gasteiger partial charge in [0.25, 0.3) is 0 Å². The van der Waals surface area contributed by atoms with E-state index in [0.29, 0.717) is 0 Å². The summed E-state index contributed by atoms with van der Waals surface area (Å²) in [5, 5.41) is 0. The lowest BCUT2D eigenvalue weighted by atomic mass is 9.33. The fourth-order valence-corrected chi connectivity index (χ4v) is 3.59. The zero-order chi connectivity index (χ0) is 8.39. The Labute approximate surface area is 69.4 Å². The number of hydrogen-bond donors (Lipinski definition) is 1.